The molecule has 1 fully saturated rings. The molecule has 0 aromatic heterocycles. The molecule has 0 saturated carbocycles. The van der Waals surface area contributed by atoms with Gasteiger partial charge in [-0.1, -0.05) is 24.4 Å². The van der Waals surface area contributed by atoms with Crippen LogP contribution >= 0.6 is 11.6 Å². The normalized spacial score (nSPS) is 18.4. The van der Waals surface area contributed by atoms with Crippen molar-refractivity contribution in [3.8, 4) is 0 Å². The number of anilines is 1. The van der Waals surface area contributed by atoms with Crippen molar-refractivity contribution in [1.82, 2.24) is 4.90 Å². The highest BCUT2D eigenvalue weighted by molar-refractivity contribution is 6.30. The van der Waals surface area contributed by atoms with E-state index in [2.05, 4.69) is 10.2 Å². The van der Waals surface area contributed by atoms with E-state index in [1.165, 1.54) is 25.0 Å². The van der Waals surface area contributed by atoms with E-state index in [0.29, 0.717) is 5.02 Å². The lowest BCUT2D eigenvalue weighted by atomic mass is 10.2. The summed E-state index contributed by atoms with van der Waals surface area (Å²) in [5.41, 5.74) is 0.182. The van der Waals surface area contributed by atoms with Crippen molar-refractivity contribution < 1.29 is 9.18 Å². The first-order valence-corrected chi connectivity index (χ1v) is 7.45. The standard InChI is InChI=1S/C15H20ClFN2O/c1-11(19-8-4-2-3-5-9-19)15(20)18-14-7-6-12(16)10-13(14)17/h6-7,10-11H,2-5,8-9H2,1H3,(H,18,20)/t11-/m0/s1. The van der Waals surface area contributed by atoms with Crippen LogP contribution in [-0.4, -0.2) is 29.9 Å². The van der Waals surface area contributed by atoms with Gasteiger partial charge in [-0.3, -0.25) is 9.69 Å². The van der Waals surface area contributed by atoms with Crippen LogP contribution in [0.3, 0.4) is 0 Å². The molecule has 0 spiro atoms. The first kappa shape index (κ1) is 15.3. The lowest BCUT2D eigenvalue weighted by Crippen LogP contribution is -2.42. The summed E-state index contributed by atoms with van der Waals surface area (Å²) in [5.74, 6) is -0.679. The quantitative estimate of drug-likeness (QED) is 0.923. The average Bonchev–Trinajstić information content (AvgIpc) is 2.70. The van der Waals surface area contributed by atoms with Crippen molar-refractivity contribution in [3.63, 3.8) is 0 Å². The molecular weight excluding hydrogens is 279 g/mol. The third-order valence-corrected chi connectivity index (χ3v) is 3.99. The third-order valence-electron chi connectivity index (χ3n) is 3.76. The van der Waals surface area contributed by atoms with Gasteiger partial charge in [0, 0.05) is 5.02 Å². The van der Waals surface area contributed by atoms with Gasteiger partial charge < -0.3 is 5.32 Å². The Kier molecular flexibility index (Phi) is 5.38. The molecule has 3 nitrogen and oxygen atoms in total. The number of carbonyl (C=O) groups excluding carboxylic acids is 1. The monoisotopic (exact) mass is 298 g/mol. The number of hydrogen-bond acceptors (Lipinski definition) is 2. The van der Waals surface area contributed by atoms with Crippen molar-refractivity contribution in [1.29, 1.82) is 0 Å². The van der Waals surface area contributed by atoms with Gasteiger partial charge in [-0.2, -0.15) is 0 Å². The number of nitrogens with zero attached hydrogens (tertiary/aromatic N) is 1. The van der Waals surface area contributed by atoms with E-state index in [1.807, 2.05) is 6.92 Å². The van der Waals surface area contributed by atoms with E-state index in [-0.39, 0.29) is 17.6 Å². The lowest BCUT2D eigenvalue weighted by molar-refractivity contribution is -0.120. The molecule has 1 atom stereocenters. The van der Waals surface area contributed by atoms with Crippen molar-refractivity contribution in [2.75, 3.05) is 18.4 Å². The van der Waals surface area contributed by atoms with Gasteiger partial charge in [-0.05, 0) is 51.1 Å². The molecule has 1 aliphatic rings. The van der Waals surface area contributed by atoms with Gasteiger partial charge in [-0.15, -0.1) is 0 Å². The maximum atomic E-state index is 13.7. The Labute approximate surface area is 124 Å². The molecule has 1 aromatic rings. The Bertz CT molecular complexity index is 473. The lowest BCUT2D eigenvalue weighted by Gasteiger charge is -2.26. The largest absolute Gasteiger partial charge is 0.322 e. The zero-order valence-electron chi connectivity index (χ0n) is 11.7. The highest BCUT2D eigenvalue weighted by Crippen LogP contribution is 2.20. The summed E-state index contributed by atoms with van der Waals surface area (Å²) in [6.45, 7) is 3.73. The second-order valence-corrected chi connectivity index (χ2v) is 5.68. The number of hydrogen-bond donors (Lipinski definition) is 1. The molecule has 1 heterocycles. The maximum absolute atomic E-state index is 13.7. The molecule has 1 aromatic carbocycles. The van der Waals surface area contributed by atoms with Crippen LogP contribution in [0.25, 0.3) is 0 Å². The average molecular weight is 299 g/mol. The molecule has 2 rings (SSSR count). The predicted octanol–water partition coefficient (Wildman–Crippen LogP) is 3.68. The summed E-state index contributed by atoms with van der Waals surface area (Å²) in [6.07, 6.45) is 4.67. The van der Waals surface area contributed by atoms with Crippen LogP contribution in [0.5, 0.6) is 0 Å². The summed E-state index contributed by atoms with van der Waals surface area (Å²) >= 11 is 5.69. The summed E-state index contributed by atoms with van der Waals surface area (Å²) in [4.78, 5) is 14.4. The minimum atomic E-state index is -0.506. The smallest absolute Gasteiger partial charge is 0.241 e. The van der Waals surface area contributed by atoms with Gasteiger partial charge in [0.1, 0.15) is 5.82 Å². The zero-order valence-corrected chi connectivity index (χ0v) is 12.4. The van der Waals surface area contributed by atoms with Crippen molar-refractivity contribution in [2.24, 2.45) is 0 Å². The van der Waals surface area contributed by atoms with Crippen LogP contribution in [0, 0.1) is 5.82 Å². The van der Waals surface area contributed by atoms with E-state index in [1.54, 1.807) is 6.07 Å². The van der Waals surface area contributed by atoms with Crippen LogP contribution in [0.15, 0.2) is 18.2 Å². The number of benzene rings is 1. The minimum absolute atomic E-state index is 0.173. The highest BCUT2D eigenvalue weighted by atomic mass is 35.5. The number of rotatable bonds is 3. The maximum Gasteiger partial charge on any atom is 0.241 e. The van der Waals surface area contributed by atoms with Gasteiger partial charge in [0.25, 0.3) is 0 Å². The van der Waals surface area contributed by atoms with E-state index in [4.69, 9.17) is 11.6 Å². The fourth-order valence-corrected chi connectivity index (χ4v) is 2.64. The van der Waals surface area contributed by atoms with Gasteiger partial charge in [0.15, 0.2) is 0 Å². The summed E-state index contributed by atoms with van der Waals surface area (Å²) in [6, 6.07) is 4.01. The molecule has 5 heteroatoms. The number of halogens is 2. The van der Waals surface area contributed by atoms with E-state index in [0.717, 1.165) is 25.9 Å². The summed E-state index contributed by atoms with van der Waals surface area (Å²) < 4.78 is 13.7. The van der Waals surface area contributed by atoms with Gasteiger partial charge in [-0.25, -0.2) is 4.39 Å². The van der Waals surface area contributed by atoms with Crippen LogP contribution in [0.1, 0.15) is 32.6 Å². The molecule has 0 aliphatic carbocycles. The molecule has 0 radical (unpaired) electrons. The second-order valence-electron chi connectivity index (χ2n) is 5.24. The van der Waals surface area contributed by atoms with Crippen molar-refractivity contribution in [2.45, 2.75) is 38.6 Å². The Morgan fingerprint density at radius 1 is 1.30 bits per heavy atom. The molecule has 1 aliphatic heterocycles. The fraction of sp³-hybridized carbons (Fsp3) is 0.533. The number of nitrogens with one attached hydrogen (secondary N) is 1. The molecule has 1 amide bonds. The minimum Gasteiger partial charge on any atom is -0.322 e. The third kappa shape index (κ3) is 3.93. The first-order valence-electron chi connectivity index (χ1n) is 7.08. The summed E-state index contributed by atoms with van der Waals surface area (Å²) in [7, 11) is 0. The highest BCUT2D eigenvalue weighted by Gasteiger charge is 2.22. The van der Waals surface area contributed by atoms with E-state index >= 15 is 0 Å². The second kappa shape index (κ2) is 7.04. The summed E-state index contributed by atoms with van der Waals surface area (Å²) in [5, 5.41) is 2.96. The molecule has 1 saturated heterocycles. The van der Waals surface area contributed by atoms with Gasteiger partial charge >= 0.3 is 0 Å². The molecule has 20 heavy (non-hydrogen) atoms. The first-order chi connectivity index (χ1) is 9.58. The van der Waals surface area contributed by atoms with Gasteiger partial charge in [0.05, 0.1) is 11.7 Å². The van der Waals surface area contributed by atoms with E-state index < -0.39 is 5.82 Å². The van der Waals surface area contributed by atoms with Crippen molar-refractivity contribution >= 4 is 23.2 Å². The molecule has 0 unspecified atom stereocenters. The van der Waals surface area contributed by atoms with E-state index in [9.17, 15) is 9.18 Å². The number of carbonyl (C=O) groups is 1. The Morgan fingerprint density at radius 2 is 1.95 bits per heavy atom. The Morgan fingerprint density at radius 3 is 2.55 bits per heavy atom. The number of likely N-dealkylation sites (tertiary alicyclic amines) is 1. The number of amides is 1. The van der Waals surface area contributed by atoms with Crippen LogP contribution in [0.2, 0.25) is 5.02 Å². The van der Waals surface area contributed by atoms with Gasteiger partial charge in [0.2, 0.25) is 5.91 Å². The predicted molar refractivity (Wildman–Crippen MR) is 79.5 cm³/mol. The van der Waals surface area contributed by atoms with Crippen LogP contribution < -0.4 is 5.32 Å². The van der Waals surface area contributed by atoms with Crippen LogP contribution in [-0.2, 0) is 4.79 Å². The molecule has 0 bridgehead atoms. The molecule has 1 N–H and O–H groups in total. The Balaban J connectivity index is 1.99. The fourth-order valence-electron chi connectivity index (χ4n) is 2.48. The zero-order chi connectivity index (χ0) is 14.5. The van der Waals surface area contributed by atoms with Crippen molar-refractivity contribution in [3.05, 3.63) is 29.0 Å². The van der Waals surface area contributed by atoms with Crippen LogP contribution in [0.4, 0.5) is 10.1 Å². The Hall–Kier alpha value is -1.13. The molecule has 110 valence electrons. The molecular formula is C15H20ClFN2O. The SMILES string of the molecule is C[C@@H](C(=O)Nc1ccc(Cl)cc1F)N1CCCCCC1. The topological polar surface area (TPSA) is 32.3 Å².